The van der Waals surface area contributed by atoms with Crippen LogP contribution in [0.1, 0.15) is 69.8 Å². The lowest BCUT2D eigenvalue weighted by atomic mass is 9.97. The normalized spacial score (nSPS) is 21.3. The van der Waals surface area contributed by atoms with Crippen LogP contribution in [0, 0.1) is 6.92 Å². The van der Waals surface area contributed by atoms with Gasteiger partial charge in [-0.15, -0.1) is 16.9 Å². The van der Waals surface area contributed by atoms with Crippen LogP contribution in [0.5, 0.6) is 11.6 Å². The summed E-state index contributed by atoms with van der Waals surface area (Å²) in [6.45, 7) is 11.5. The van der Waals surface area contributed by atoms with Gasteiger partial charge in [0, 0.05) is 51.9 Å². The standard InChI is InChI=1S/C30H41N3O10S/c1-15(2)25-23(13-21-8-9-22(12-16(21)3)38-11-10-31)29(33-32-25)43-30-28(42-20(7)37)27(41-19(6)36)26(40-18(5)35)24(44-30)14-39-17(4)34/h8-9,12,15,24,26-28,30H,10-11,13-14,31H2,1-7H3,(H,32,33)/t24-,26-,27+,28-,30-/m1/s1. The van der Waals surface area contributed by atoms with Crippen LogP contribution in [0.3, 0.4) is 0 Å². The van der Waals surface area contributed by atoms with Gasteiger partial charge in [0.2, 0.25) is 5.88 Å². The molecule has 1 aromatic heterocycles. The monoisotopic (exact) mass is 635 g/mol. The van der Waals surface area contributed by atoms with Crippen molar-refractivity contribution in [1.82, 2.24) is 10.2 Å². The fraction of sp³-hybridized carbons (Fsp3) is 0.567. The molecule has 0 bridgehead atoms. The van der Waals surface area contributed by atoms with Crippen molar-refractivity contribution in [1.29, 1.82) is 0 Å². The molecule has 5 atom stereocenters. The average Bonchev–Trinajstić information content (AvgIpc) is 3.32. The molecule has 44 heavy (non-hydrogen) atoms. The van der Waals surface area contributed by atoms with Crippen LogP contribution in [-0.2, 0) is 44.5 Å². The van der Waals surface area contributed by atoms with Gasteiger partial charge in [-0.2, -0.15) is 0 Å². The van der Waals surface area contributed by atoms with Crippen molar-refractivity contribution in [3.63, 3.8) is 0 Å². The maximum atomic E-state index is 12.3. The van der Waals surface area contributed by atoms with Gasteiger partial charge in [-0.25, -0.2) is 0 Å². The molecule has 0 radical (unpaired) electrons. The molecule has 3 rings (SSSR count). The summed E-state index contributed by atoms with van der Waals surface area (Å²) < 4.78 is 34.1. The summed E-state index contributed by atoms with van der Waals surface area (Å²) in [5.74, 6) is -1.55. The molecular formula is C30H41N3O10S. The number of hydrogen-bond acceptors (Lipinski definition) is 13. The van der Waals surface area contributed by atoms with Gasteiger partial charge in [0.25, 0.3) is 0 Å². The molecule has 14 heteroatoms. The predicted molar refractivity (Wildman–Crippen MR) is 160 cm³/mol. The van der Waals surface area contributed by atoms with Crippen molar-refractivity contribution < 1.29 is 47.6 Å². The van der Waals surface area contributed by atoms with Crippen LogP contribution >= 0.6 is 11.8 Å². The Balaban J connectivity index is 2.03. The van der Waals surface area contributed by atoms with Crippen molar-refractivity contribution in [2.45, 2.75) is 89.8 Å². The number of nitrogens with zero attached hydrogens (tertiary/aromatic N) is 1. The number of rotatable bonds is 13. The molecule has 0 saturated carbocycles. The summed E-state index contributed by atoms with van der Waals surface area (Å²) in [6, 6.07) is 5.78. The number of aromatic nitrogens is 2. The number of carbonyl (C=O) groups is 4. The number of H-pyrrole nitrogens is 1. The zero-order valence-corrected chi connectivity index (χ0v) is 26.9. The summed E-state index contributed by atoms with van der Waals surface area (Å²) >= 11 is 1.12. The minimum Gasteiger partial charge on any atom is -0.492 e. The maximum absolute atomic E-state index is 12.3. The lowest BCUT2D eigenvalue weighted by Gasteiger charge is -2.43. The molecule has 1 aliphatic heterocycles. The van der Waals surface area contributed by atoms with E-state index in [0.717, 1.165) is 34.1 Å². The molecule has 0 amide bonds. The van der Waals surface area contributed by atoms with Gasteiger partial charge in [-0.3, -0.25) is 24.3 Å². The third-order valence-corrected chi connectivity index (χ3v) is 8.07. The number of ether oxygens (including phenoxy) is 6. The SMILES string of the molecule is CC(=O)OC[C@H]1S[C@@H](Oc2n[nH]c(C(C)C)c2Cc2ccc(OCCN)cc2C)[C@H](OC(C)=O)[C@@H](OC(C)=O)[C@@H]1OC(C)=O. The molecule has 1 aromatic carbocycles. The van der Waals surface area contributed by atoms with Gasteiger partial charge in [0.1, 0.15) is 19.0 Å². The summed E-state index contributed by atoms with van der Waals surface area (Å²) in [5.41, 5.74) is 8.19. The summed E-state index contributed by atoms with van der Waals surface area (Å²) in [4.78, 5) is 48.2. The van der Waals surface area contributed by atoms with Crippen molar-refractivity contribution in [3.8, 4) is 11.6 Å². The minimum absolute atomic E-state index is 0.0597. The fourth-order valence-corrected chi connectivity index (χ4v) is 6.19. The number of nitrogens with one attached hydrogen (secondary N) is 1. The van der Waals surface area contributed by atoms with Crippen LogP contribution in [0.4, 0.5) is 0 Å². The quantitative estimate of drug-likeness (QED) is 0.243. The zero-order valence-electron chi connectivity index (χ0n) is 26.0. The number of benzene rings is 1. The number of aryl methyl sites for hydroxylation is 1. The smallest absolute Gasteiger partial charge is 0.303 e. The Hall–Kier alpha value is -3.78. The fourth-order valence-electron chi connectivity index (χ4n) is 4.82. The molecule has 0 unspecified atom stereocenters. The van der Waals surface area contributed by atoms with Crippen molar-refractivity contribution in [2.75, 3.05) is 19.8 Å². The summed E-state index contributed by atoms with van der Waals surface area (Å²) in [6.07, 6.45) is -3.12. The van der Waals surface area contributed by atoms with E-state index in [4.69, 9.17) is 34.2 Å². The number of aromatic amines is 1. The Labute approximate surface area is 260 Å². The minimum atomic E-state index is -1.26. The molecule has 1 saturated heterocycles. The van der Waals surface area contributed by atoms with E-state index in [-0.39, 0.29) is 18.4 Å². The molecule has 242 valence electrons. The molecule has 1 fully saturated rings. The van der Waals surface area contributed by atoms with E-state index >= 15 is 0 Å². The maximum Gasteiger partial charge on any atom is 0.303 e. The van der Waals surface area contributed by atoms with Crippen molar-refractivity contribution in [2.24, 2.45) is 5.73 Å². The third-order valence-electron chi connectivity index (χ3n) is 6.68. The van der Waals surface area contributed by atoms with E-state index in [2.05, 4.69) is 10.2 Å². The first kappa shape index (κ1) is 34.7. The molecule has 0 spiro atoms. The van der Waals surface area contributed by atoms with Gasteiger partial charge >= 0.3 is 23.9 Å². The zero-order chi connectivity index (χ0) is 32.6. The first-order chi connectivity index (χ1) is 20.8. The summed E-state index contributed by atoms with van der Waals surface area (Å²) in [5, 5.41) is 6.80. The second-order valence-electron chi connectivity index (χ2n) is 10.7. The highest BCUT2D eigenvalue weighted by Gasteiger charge is 2.53. The van der Waals surface area contributed by atoms with E-state index in [1.165, 1.54) is 27.7 Å². The number of carbonyl (C=O) groups excluding carboxylic acids is 4. The largest absolute Gasteiger partial charge is 0.492 e. The Bertz CT molecular complexity index is 1330. The highest BCUT2D eigenvalue weighted by Crippen LogP contribution is 2.40. The Morgan fingerprint density at radius 2 is 1.59 bits per heavy atom. The first-order valence-electron chi connectivity index (χ1n) is 14.3. The lowest BCUT2D eigenvalue weighted by Crippen LogP contribution is -2.59. The van der Waals surface area contributed by atoms with E-state index in [0.29, 0.717) is 25.3 Å². The van der Waals surface area contributed by atoms with Crippen LogP contribution in [0.2, 0.25) is 0 Å². The Morgan fingerprint density at radius 1 is 0.955 bits per heavy atom. The second kappa shape index (κ2) is 15.8. The molecule has 2 aromatic rings. The first-order valence-corrected chi connectivity index (χ1v) is 15.2. The lowest BCUT2D eigenvalue weighted by molar-refractivity contribution is -0.190. The van der Waals surface area contributed by atoms with Gasteiger partial charge in [-0.05, 0) is 36.1 Å². The molecule has 13 nitrogen and oxygen atoms in total. The molecule has 0 aliphatic carbocycles. The number of hydrogen-bond donors (Lipinski definition) is 2. The second-order valence-corrected chi connectivity index (χ2v) is 12.0. The number of thioether (sulfide) groups is 1. The van der Waals surface area contributed by atoms with E-state index in [9.17, 15) is 19.2 Å². The third kappa shape index (κ3) is 9.36. The van der Waals surface area contributed by atoms with Gasteiger partial charge in [0.05, 0.1) is 5.25 Å². The van der Waals surface area contributed by atoms with Gasteiger partial charge < -0.3 is 34.2 Å². The number of esters is 4. The predicted octanol–water partition coefficient (Wildman–Crippen LogP) is 2.95. The van der Waals surface area contributed by atoms with Crippen molar-refractivity contribution in [3.05, 3.63) is 40.6 Å². The van der Waals surface area contributed by atoms with Crippen LogP contribution in [0.25, 0.3) is 0 Å². The van der Waals surface area contributed by atoms with Crippen LogP contribution in [0.15, 0.2) is 18.2 Å². The number of nitrogens with two attached hydrogens (primary N) is 1. The average molecular weight is 636 g/mol. The molecule has 2 heterocycles. The van der Waals surface area contributed by atoms with E-state index in [1.54, 1.807) is 0 Å². The van der Waals surface area contributed by atoms with E-state index < -0.39 is 52.9 Å². The highest BCUT2D eigenvalue weighted by atomic mass is 32.2. The molecule has 1 aliphatic rings. The van der Waals surface area contributed by atoms with Crippen LogP contribution < -0.4 is 15.2 Å². The topological polar surface area (TPSA) is 178 Å². The van der Waals surface area contributed by atoms with Crippen LogP contribution in [-0.4, -0.2) is 82.8 Å². The highest BCUT2D eigenvalue weighted by molar-refractivity contribution is 8.00. The van der Waals surface area contributed by atoms with Crippen molar-refractivity contribution >= 4 is 35.6 Å². The Morgan fingerprint density at radius 3 is 2.16 bits per heavy atom. The van der Waals surface area contributed by atoms with Gasteiger partial charge in [0.15, 0.2) is 23.7 Å². The van der Waals surface area contributed by atoms with Gasteiger partial charge in [-0.1, -0.05) is 19.9 Å². The molecular weight excluding hydrogens is 594 g/mol. The summed E-state index contributed by atoms with van der Waals surface area (Å²) in [7, 11) is 0. The molecule has 3 N–H and O–H groups in total. The Kier molecular flexibility index (Phi) is 12.5. The van der Waals surface area contributed by atoms with E-state index in [1.807, 2.05) is 39.0 Å².